The van der Waals surface area contributed by atoms with Crippen LogP contribution < -0.4 is 15.6 Å². The van der Waals surface area contributed by atoms with Gasteiger partial charge in [0.25, 0.3) is 0 Å². The van der Waals surface area contributed by atoms with Crippen LogP contribution in [0.15, 0.2) is 17.1 Å². The van der Waals surface area contributed by atoms with Gasteiger partial charge < -0.3 is 19.9 Å². The summed E-state index contributed by atoms with van der Waals surface area (Å²) < 4.78 is 16.8. The summed E-state index contributed by atoms with van der Waals surface area (Å²) in [4.78, 5) is 30.8. The van der Waals surface area contributed by atoms with E-state index in [-0.39, 0.29) is 28.3 Å². The predicted molar refractivity (Wildman–Crippen MR) is 95.8 cm³/mol. The van der Waals surface area contributed by atoms with Crippen molar-refractivity contribution in [3.63, 3.8) is 0 Å². The summed E-state index contributed by atoms with van der Waals surface area (Å²) in [5.74, 6) is -0.888. The predicted octanol–water partition coefficient (Wildman–Crippen LogP) is 1.29. The maximum Gasteiger partial charge on any atom is 0.341 e. The van der Waals surface area contributed by atoms with E-state index in [1.807, 2.05) is 9.47 Å². The Morgan fingerprint density at radius 3 is 2.70 bits per heavy atom. The number of nitrogens with zero attached hydrogens (tertiary/aromatic N) is 3. The number of carboxylic acid groups (broad SMARTS) is 1. The van der Waals surface area contributed by atoms with Gasteiger partial charge in [-0.15, -0.1) is 0 Å². The van der Waals surface area contributed by atoms with Gasteiger partial charge in [0, 0.05) is 36.9 Å². The Hall–Kier alpha value is -2.48. The van der Waals surface area contributed by atoms with Crippen LogP contribution in [-0.4, -0.2) is 45.8 Å². The van der Waals surface area contributed by atoms with Gasteiger partial charge in [0.1, 0.15) is 11.2 Å². The van der Waals surface area contributed by atoms with Crippen LogP contribution in [0.3, 0.4) is 0 Å². The molecule has 2 atom stereocenters. The number of carbonyl (C=O) groups is 1. The van der Waals surface area contributed by atoms with Crippen LogP contribution in [-0.2, 0) is 5.54 Å². The van der Waals surface area contributed by atoms with E-state index in [1.54, 1.807) is 0 Å². The number of aromatic nitrogens is 2. The molecule has 4 bridgehead atoms. The molecular weight excluding hydrogens is 351 g/mol. The third-order valence-electron chi connectivity index (χ3n) is 6.99. The van der Waals surface area contributed by atoms with E-state index in [0.29, 0.717) is 24.2 Å². The van der Waals surface area contributed by atoms with Gasteiger partial charge in [-0.05, 0) is 37.7 Å². The smallest absolute Gasteiger partial charge is 0.341 e. The molecule has 2 aliphatic heterocycles. The molecular formula is C19H19FN4O3. The average Bonchev–Trinajstić information content (AvgIpc) is 3.17. The van der Waals surface area contributed by atoms with Gasteiger partial charge in [-0.2, -0.15) is 0 Å². The van der Waals surface area contributed by atoms with Crippen molar-refractivity contribution in [1.29, 1.82) is 0 Å². The highest BCUT2D eigenvalue weighted by atomic mass is 19.1. The number of halogens is 1. The molecule has 3 aliphatic carbocycles. The lowest BCUT2D eigenvalue weighted by Gasteiger charge is -2.62. The van der Waals surface area contributed by atoms with Crippen LogP contribution in [0.2, 0.25) is 0 Å². The second-order valence-corrected chi connectivity index (χ2v) is 8.56. The standard InChI is InChI=1S/C19H19FN4O3/c20-14-2-12-15(25)13(18(26)27)8-24(19-3-9(4-19)5-19)16(12)22-17(14)23-7-10-1-11(23)6-21-10/h2,8-11,21H,1,3-7H2,(H,26,27)/t9?,10-,11-,19?/m1/s1. The Kier molecular flexibility index (Phi) is 2.80. The molecule has 7 rings (SSSR count). The summed E-state index contributed by atoms with van der Waals surface area (Å²) in [6.07, 6.45) is 5.30. The van der Waals surface area contributed by atoms with Gasteiger partial charge >= 0.3 is 5.97 Å². The fourth-order valence-corrected chi connectivity index (χ4v) is 5.48. The molecule has 5 fully saturated rings. The third kappa shape index (κ3) is 1.91. The normalized spacial score (nSPS) is 33.2. The lowest BCUT2D eigenvalue weighted by molar-refractivity contribution is -0.0864. The minimum atomic E-state index is -1.28. The molecule has 2 aromatic heterocycles. The molecule has 2 N–H and O–H groups in total. The lowest BCUT2D eigenvalue weighted by atomic mass is 9.49. The lowest BCUT2D eigenvalue weighted by Crippen LogP contribution is -2.59. The summed E-state index contributed by atoms with van der Waals surface area (Å²) in [6.45, 7) is 1.50. The quantitative estimate of drug-likeness (QED) is 0.847. The Morgan fingerprint density at radius 2 is 2.15 bits per heavy atom. The number of hydrogen-bond donors (Lipinski definition) is 2. The summed E-state index contributed by atoms with van der Waals surface area (Å²) in [6, 6.07) is 1.75. The summed E-state index contributed by atoms with van der Waals surface area (Å²) in [7, 11) is 0. The van der Waals surface area contributed by atoms with Crippen molar-refractivity contribution < 1.29 is 14.3 Å². The first-order valence-electron chi connectivity index (χ1n) is 9.45. The molecule has 8 heteroatoms. The molecule has 0 unspecified atom stereocenters. The van der Waals surface area contributed by atoms with Gasteiger partial charge in [-0.1, -0.05) is 0 Å². The fraction of sp³-hybridized carbons (Fsp3) is 0.526. The first-order valence-corrected chi connectivity index (χ1v) is 9.45. The molecule has 2 saturated heterocycles. The molecule has 0 radical (unpaired) electrons. The monoisotopic (exact) mass is 370 g/mol. The molecule has 4 heterocycles. The van der Waals surface area contributed by atoms with Crippen LogP contribution in [0.5, 0.6) is 0 Å². The van der Waals surface area contributed by atoms with Gasteiger partial charge in [0.2, 0.25) is 5.43 Å². The van der Waals surface area contributed by atoms with Gasteiger partial charge in [0.15, 0.2) is 11.6 Å². The summed E-state index contributed by atoms with van der Waals surface area (Å²) >= 11 is 0. The van der Waals surface area contributed by atoms with Crippen molar-refractivity contribution in [3.8, 4) is 0 Å². The number of rotatable bonds is 3. The van der Waals surface area contributed by atoms with Crippen molar-refractivity contribution in [2.24, 2.45) is 5.92 Å². The van der Waals surface area contributed by atoms with E-state index < -0.39 is 17.2 Å². The minimum Gasteiger partial charge on any atom is -0.477 e. The average molecular weight is 370 g/mol. The topological polar surface area (TPSA) is 87.5 Å². The van der Waals surface area contributed by atoms with E-state index in [0.717, 1.165) is 32.2 Å². The maximum atomic E-state index is 14.9. The van der Waals surface area contributed by atoms with Crippen molar-refractivity contribution in [2.75, 3.05) is 18.0 Å². The Labute approximate surface area is 153 Å². The highest BCUT2D eigenvalue weighted by Crippen LogP contribution is 2.62. The van der Waals surface area contributed by atoms with Crippen molar-refractivity contribution in [3.05, 3.63) is 33.9 Å². The summed E-state index contributed by atoms with van der Waals surface area (Å²) in [5.41, 5.74) is -0.724. The van der Waals surface area contributed by atoms with Crippen molar-refractivity contribution >= 4 is 22.8 Å². The number of aromatic carboxylic acids is 1. The third-order valence-corrected chi connectivity index (χ3v) is 6.99. The van der Waals surface area contributed by atoms with Crippen LogP contribution in [0, 0.1) is 11.7 Å². The molecule has 0 spiro atoms. The number of fused-ring (bicyclic) bond motifs is 3. The van der Waals surface area contributed by atoms with Crippen LogP contribution in [0.4, 0.5) is 10.2 Å². The number of pyridine rings is 2. The number of piperazine rings is 1. The zero-order chi connectivity index (χ0) is 18.5. The SMILES string of the molecule is O=C(O)c1cn(C23CC(C2)C3)c2nc(N3C[C@H]4C[C@@H]3CN4)c(F)cc2c1=O. The molecule has 3 saturated carbocycles. The van der Waals surface area contributed by atoms with Gasteiger partial charge in [-0.25, -0.2) is 14.2 Å². The minimum absolute atomic E-state index is 0.0587. The zero-order valence-electron chi connectivity index (χ0n) is 14.6. The van der Waals surface area contributed by atoms with Gasteiger partial charge in [0.05, 0.1) is 5.39 Å². The molecule has 140 valence electrons. The number of anilines is 1. The molecule has 0 amide bonds. The van der Waals surface area contributed by atoms with Crippen LogP contribution in [0.1, 0.15) is 36.0 Å². The first-order chi connectivity index (χ1) is 12.9. The van der Waals surface area contributed by atoms with E-state index in [1.165, 1.54) is 12.3 Å². The van der Waals surface area contributed by atoms with Crippen molar-refractivity contribution in [1.82, 2.24) is 14.9 Å². The summed E-state index contributed by atoms with van der Waals surface area (Å²) in [5, 5.41) is 12.9. The number of nitrogens with one attached hydrogen (secondary N) is 1. The van der Waals surface area contributed by atoms with E-state index in [9.17, 15) is 19.1 Å². The maximum absolute atomic E-state index is 14.9. The molecule has 0 aromatic carbocycles. The Bertz CT molecular complexity index is 1060. The van der Waals surface area contributed by atoms with E-state index in [2.05, 4.69) is 10.3 Å². The van der Waals surface area contributed by atoms with Gasteiger partial charge in [-0.3, -0.25) is 4.79 Å². The fourth-order valence-electron chi connectivity index (χ4n) is 5.48. The van der Waals surface area contributed by atoms with Crippen LogP contribution in [0.25, 0.3) is 11.0 Å². The first kappa shape index (κ1) is 15.6. The number of hydrogen-bond acceptors (Lipinski definition) is 5. The van der Waals surface area contributed by atoms with E-state index >= 15 is 0 Å². The highest BCUT2D eigenvalue weighted by molar-refractivity contribution is 5.92. The van der Waals surface area contributed by atoms with E-state index in [4.69, 9.17) is 0 Å². The van der Waals surface area contributed by atoms with Crippen LogP contribution >= 0.6 is 0 Å². The highest BCUT2D eigenvalue weighted by Gasteiger charge is 2.58. The molecule has 27 heavy (non-hydrogen) atoms. The number of carboxylic acids is 1. The zero-order valence-corrected chi connectivity index (χ0v) is 14.6. The Morgan fingerprint density at radius 1 is 1.37 bits per heavy atom. The second kappa shape index (κ2) is 4.86. The Balaban J connectivity index is 1.59. The largest absolute Gasteiger partial charge is 0.477 e. The second-order valence-electron chi connectivity index (χ2n) is 8.56. The molecule has 2 aromatic rings. The van der Waals surface area contributed by atoms with Crippen molar-refractivity contribution in [2.45, 2.75) is 43.3 Å². The molecule has 5 aliphatic rings. The molecule has 7 nitrogen and oxygen atoms in total.